The minimum Gasteiger partial charge on any atom is -0.462 e. The Bertz CT molecular complexity index is 876. The van der Waals surface area contributed by atoms with Crippen LogP contribution in [-0.4, -0.2) is 18.5 Å². The molecule has 0 radical (unpaired) electrons. The molecule has 0 saturated heterocycles. The molecule has 1 aromatic carbocycles. The fourth-order valence-corrected chi connectivity index (χ4v) is 5.14. The number of hydrogen-bond acceptors (Lipinski definition) is 4. The van der Waals surface area contributed by atoms with Gasteiger partial charge in [0.2, 0.25) is 5.91 Å². The fraction of sp³-hybridized carbons (Fsp3) is 0.429. The lowest BCUT2D eigenvalue weighted by Gasteiger charge is -2.20. The predicted molar refractivity (Wildman–Crippen MR) is 110 cm³/mol. The van der Waals surface area contributed by atoms with E-state index >= 15 is 0 Å². The van der Waals surface area contributed by atoms with Gasteiger partial charge in [0, 0.05) is 15.5 Å². The van der Waals surface area contributed by atoms with Gasteiger partial charge in [-0.25, -0.2) is 9.18 Å². The third kappa shape index (κ3) is 4.39. The average Bonchev–Trinajstić information content (AvgIpc) is 3.01. The summed E-state index contributed by atoms with van der Waals surface area (Å²) in [6.45, 7) is 4.18. The second-order valence-corrected chi connectivity index (χ2v) is 8.38. The first-order valence-corrected chi connectivity index (χ1v) is 10.7. The van der Waals surface area contributed by atoms with E-state index in [1.807, 2.05) is 0 Å². The number of ether oxygens (including phenoxy) is 1. The van der Waals surface area contributed by atoms with Gasteiger partial charge in [-0.05, 0) is 49.8 Å². The maximum atomic E-state index is 14.0. The lowest BCUT2D eigenvalue weighted by Crippen LogP contribution is -2.18. The zero-order valence-electron chi connectivity index (χ0n) is 15.9. The van der Waals surface area contributed by atoms with Crippen LogP contribution in [0.25, 0.3) is 0 Å². The molecule has 0 bridgehead atoms. The highest BCUT2D eigenvalue weighted by Gasteiger charge is 2.30. The van der Waals surface area contributed by atoms with Gasteiger partial charge in [0.25, 0.3) is 0 Å². The molecule has 1 aromatic heterocycles. The normalized spacial score (nSPS) is 15.8. The van der Waals surface area contributed by atoms with Crippen LogP contribution in [0.15, 0.2) is 18.2 Å². The van der Waals surface area contributed by atoms with Gasteiger partial charge < -0.3 is 10.1 Å². The standard InChI is InChI=1S/C21H23ClFNO3S/c1-3-12-8-9-13-17(10-12)28-20(19(13)21(26)27-4-2)24-18(25)11-14-15(22)6-5-7-16(14)23/h5-7,12H,3-4,8-11H2,1-2H3,(H,24,25)/t12-/m0/s1. The zero-order valence-corrected chi connectivity index (χ0v) is 17.5. The molecular weight excluding hydrogens is 401 g/mol. The lowest BCUT2D eigenvalue weighted by atomic mass is 9.85. The van der Waals surface area contributed by atoms with Gasteiger partial charge in [-0.1, -0.05) is 31.0 Å². The Hall–Kier alpha value is -1.92. The van der Waals surface area contributed by atoms with E-state index in [-0.39, 0.29) is 23.6 Å². The van der Waals surface area contributed by atoms with Crippen LogP contribution in [0.4, 0.5) is 9.39 Å². The van der Waals surface area contributed by atoms with Crippen molar-refractivity contribution in [1.29, 1.82) is 0 Å². The summed E-state index contributed by atoms with van der Waals surface area (Å²) in [7, 11) is 0. The molecule has 1 aliphatic rings. The molecule has 1 amide bonds. The SMILES string of the molecule is CCOC(=O)c1c(NC(=O)Cc2c(F)cccc2Cl)sc2c1CC[C@H](CC)C2. The molecule has 1 aliphatic carbocycles. The first-order valence-electron chi connectivity index (χ1n) is 9.48. The van der Waals surface area contributed by atoms with Crippen LogP contribution >= 0.6 is 22.9 Å². The van der Waals surface area contributed by atoms with Crippen molar-refractivity contribution in [3.63, 3.8) is 0 Å². The molecule has 1 atom stereocenters. The molecule has 1 N–H and O–H groups in total. The summed E-state index contributed by atoms with van der Waals surface area (Å²) in [6.07, 6.45) is 3.60. The molecule has 0 spiro atoms. The largest absolute Gasteiger partial charge is 0.462 e. The second-order valence-electron chi connectivity index (χ2n) is 6.87. The highest BCUT2D eigenvalue weighted by atomic mass is 35.5. The molecule has 0 unspecified atom stereocenters. The van der Waals surface area contributed by atoms with Gasteiger partial charge in [-0.2, -0.15) is 0 Å². The Morgan fingerprint density at radius 3 is 2.82 bits per heavy atom. The van der Waals surface area contributed by atoms with Crippen molar-refractivity contribution in [3.8, 4) is 0 Å². The quantitative estimate of drug-likeness (QED) is 0.631. The van der Waals surface area contributed by atoms with Crippen LogP contribution in [0.5, 0.6) is 0 Å². The number of rotatable bonds is 6. The summed E-state index contributed by atoms with van der Waals surface area (Å²) in [5.74, 6) is -0.774. The van der Waals surface area contributed by atoms with E-state index in [0.717, 1.165) is 36.1 Å². The number of benzene rings is 1. The van der Waals surface area contributed by atoms with E-state index in [1.165, 1.54) is 23.5 Å². The van der Waals surface area contributed by atoms with Crippen LogP contribution in [0, 0.1) is 11.7 Å². The summed E-state index contributed by atoms with van der Waals surface area (Å²) >= 11 is 7.45. The third-order valence-corrected chi connectivity index (χ3v) is 6.60. The van der Waals surface area contributed by atoms with Crippen molar-refractivity contribution in [2.24, 2.45) is 5.92 Å². The van der Waals surface area contributed by atoms with Gasteiger partial charge >= 0.3 is 5.97 Å². The first kappa shape index (κ1) is 20.8. The molecule has 1 heterocycles. The molecule has 0 saturated carbocycles. The van der Waals surface area contributed by atoms with Crippen molar-refractivity contribution in [2.75, 3.05) is 11.9 Å². The van der Waals surface area contributed by atoms with Crippen LogP contribution in [0.1, 0.15) is 53.1 Å². The summed E-state index contributed by atoms with van der Waals surface area (Å²) < 4.78 is 19.2. The van der Waals surface area contributed by atoms with Crippen molar-refractivity contribution >= 4 is 39.8 Å². The molecule has 7 heteroatoms. The van der Waals surface area contributed by atoms with Crippen LogP contribution in [0.3, 0.4) is 0 Å². The molecule has 3 rings (SSSR count). The zero-order chi connectivity index (χ0) is 20.3. The number of amides is 1. The lowest BCUT2D eigenvalue weighted by molar-refractivity contribution is -0.115. The highest BCUT2D eigenvalue weighted by molar-refractivity contribution is 7.17. The Labute approximate surface area is 173 Å². The van der Waals surface area contributed by atoms with Gasteiger partial charge in [0.15, 0.2) is 0 Å². The van der Waals surface area contributed by atoms with Crippen molar-refractivity contribution in [2.45, 2.75) is 46.0 Å². The van der Waals surface area contributed by atoms with E-state index in [9.17, 15) is 14.0 Å². The Morgan fingerprint density at radius 2 is 2.14 bits per heavy atom. The maximum Gasteiger partial charge on any atom is 0.341 e. The number of hydrogen-bond donors (Lipinski definition) is 1. The minimum atomic E-state index is -0.524. The number of anilines is 1. The second kappa shape index (κ2) is 9.05. The molecule has 150 valence electrons. The predicted octanol–water partition coefficient (Wildman–Crippen LogP) is 5.41. The Morgan fingerprint density at radius 1 is 1.36 bits per heavy atom. The van der Waals surface area contributed by atoms with Crippen LogP contribution in [-0.2, 0) is 28.8 Å². The molecular formula is C21H23ClFNO3S. The molecule has 0 fully saturated rings. The summed E-state index contributed by atoms with van der Waals surface area (Å²) in [5.41, 5.74) is 1.57. The molecule has 0 aliphatic heterocycles. The number of halogens is 2. The first-order chi connectivity index (χ1) is 13.4. The van der Waals surface area contributed by atoms with Crippen LogP contribution in [0.2, 0.25) is 5.02 Å². The molecule has 2 aromatic rings. The fourth-order valence-electron chi connectivity index (χ4n) is 3.54. The molecule has 28 heavy (non-hydrogen) atoms. The smallest absolute Gasteiger partial charge is 0.341 e. The molecule has 4 nitrogen and oxygen atoms in total. The number of nitrogens with one attached hydrogen (secondary N) is 1. The Balaban J connectivity index is 1.87. The van der Waals surface area contributed by atoms with E-state index in [4.69, 9.17) is 16.3 Å². The summed E-state index contributed by atoms with van der Waals surface area (Å²) in [4.78, 5) is 26.2. The topological polar surface area (TPSA) is 55.4 Å². The van der Waals surface area contributed by atoms with Gasteiger partial charge in [0.1, 0.15) is 10.8 Å². The van der Waals surface area contributed by atoms with E-state index < -0.39 is 17.7 Å². The number of carbonyl (C=O) groups is 2. The number of carbonyl (C=O) groups excluding carboxylic acids is 2. The van der Waals surface area contributed by atoms with E-state index in [1.54, 1.807) is 13.0 Å². The van der Waals surface area contributed by atoms with Gasteiger partial charge in [-0.3, -0.25) is 4.79 Å². The number of fused-ring (bicyclic) bond motifs is 1. The summed E-state index contributed by atoms with van der Waals surface area (Å²) in [5, 5.41) is 3.49. The number of esters is 1. The monoisotopic (exact) mass is 423 g/mol. The maximum absolute atomic E-state index is 14.0. The Kier molecular flexibility index (Phi) is 6.73. The van der Waals surface area contributed by atoms with Crippen molar-refractivity contribution in [3.05, 3.63) is 50.6 Å². The van der Waals surface area contributed by atoms with Crippen molar-refractivity contribution < 1.29 is 18.7 Å². The van der Waals surface area contributed by atoms with Gasteiger partial charge in [-0.15, -0.1) is 11.3 Å². The van der Waals surface area contributed by atoms with Gasteiger partial charge in [0.05, 0.1) is 18.6 Å². The van der Waals surface area contributed by atoms with Crippen LogP contribution < -0.4 is 5.32 Å². The van der Waals surface area contributed by atoms with E-state index in [2.05, 4.69) is 12.2 Å². The van der Waals surface area contributed by atoms with E-state index in [0.29, 0.717) is 16.5 Å². The average molecular weight is 424 g/mol. The number of thiophene rings is 1. The summed E-state index contributed by atoms with van der Waals surface area (Å²) in [6, 6.07) is 4.31. The minimum absolute atomic E-state index is 0.145. The van der Waals surface area contributed by atoms with Crippen molar-refractivity contribution in [1.82, 2.24) is 0 Å². The third-order valence-electron chi connectivity index (χ3n) is 5.08. The highest BCUT2D eigenvalue weighted by Crippen LogP contribution is 2.41.